The van der Waals surface area contributed by atoms with Gasteiger partial charge in [-0.15, -0.1) is 0 Å². The zero-order chi connectivity index (χ0) is 13.2. The highest BCUT2D eigenvalue weighted by Gasteiger charge is 2.20. The summed E-state index contributed by atoms with van der Waals surface area (Å²) < 4.78 is 27.2. The number of carbonyl (C=O) groups is 1. The molecule has 0 N–H and O–H groups in total. The third kappa shape index (κ3) is 4.19. The van der Waals surface area contributed by atoms with Crippen molar-refractivity contribution in [2.24, 2.45) is 5.41 Å². The first-order valence-corrected chi connectivity index (χ1v) is 6.14. The van der Waals surface area contributed by atoms with E-state index in [1.165, 1.54) is 6.07 Å². The molecule has 0 unspecified atom stereocenters. The van der Waals surface area contributed by atoms with Crippen LogP contribution in [0.1, 0.15) is 32.8 Å². The van der Waals surface area contributed by atoms with E-state index in [0.29, 0.717) is 6.42 Å². The predicted octanol–water partition coefficient (Wildman–Crippen LogP) is 4.28. The Bertz CT molecular complexity index is 436. The van der Waals surface area contributed by atoms with E-state index in [0.717, 1.165) is 6.07 Å². The molecule has 0 aliphatic heterocycles. The minimum Gasteiger partial charge on any atom is -0.299 e. The molecule has 0 amide bonds. The van der Waals surface area contributed by atoms with Gasteiger partial charge in [-0.2, -0.15) is 0 Å². The number of hydrogen-bond donors (Lipinski definition) is 0. The molecule has 0 saturated heterocycles. The van der Waals surface area contributed by atoms with Crippen LogP contribution < -0.4 is 0 Å². The summed E-state index contributed by atoms with van der Waals surface area (Å²) in [6.07, 6.45) is 0.104. The van der Waals surface area contributed by atoms with E-state index in [1.807, 2.05) is 20.8 Å². The summed E-state index contributed by atoms with van der Waals surface area (Å²) in [6, 6.07) is 2.45. The van der Waals surface area contributed by atoms with Gasteiger partial charge in [0, 0.05) is 18.4 Å². The average molecular weight is 305 g/mol. The van der Waals surface area contributed by atoms with Crippen molar-refractivity contribution in [2.75, 3.05) is 0 Å². The van der Waals surface area contributed by atoms with Crippen molar-refractivity contribution < 1.29 is 13.6 Å². The molecule has 0 atom stereocenters. The van der Waals surface area contributed by atoms with Crippen LogP contribution >= 0.6 is 15.9 Å². The van der Waals surface area contributed by atoms with E-state index in [4.69, 9.17) is 0 Å². The smallest absolute Gasteiger partial charge is 0.143 e. The first-order valence-electron chi connectivity index (χ1n) is 5.35. The van der Waals surface area contributed by atoms with Crippen LogP contribution in [0, 0.1) is 17.0 Å². The summed E-state index contributed by atoms with van der Waals surface area (Å²) in [6.45, 7) is 5.75. The fraction of sp³-hybridized carbons (Fsp3) is 0.462. The SMILES string of the molecule is CC(C)(C)CC(=O)Cc1c(F)ccc(Br)c1F. The van der Waals surface area contributed by atoms with Crippen LogP contribution in [-0.4, -0.2) is 5.78 Å². The number of ketones is 1. The minimum atomic E-state index is -0.688. The summed E-state index contributed by atoms with van der Waals surface area (Å²) in [5.41, 5.74) is -0.329. The molecule has 0 saturated carbocycles. The number of carbonyl (C=O) groups excluding carboxylic acids is 1. The molecule has 0 aromatic heterocycles. The first-order chi connectivity index (χ1) is 7.70. The Balaban J connectivity index is 2.89. The lowest BCUT2D eigenvalue weighted by atomic mass is 9.88. The quantitative estimate of drug-likeness (QED) is 0.762. The number of hydrogen-bond acceptors (Lipinski definition) is 1. The third-order valence-electron chi connectivity index (χ3n) is 2.24. The van der Waals surface area contributed by atoms with Gasteiger partial charge in [0.05, 0.1) is 4.47 Å². The molecular formula is C13H15BrF2O. The van der Waals surface area contributed by atoms with Gasteiger partial charge in [-0.1, -0.05) is 20.8 Å². The number of rotatable bonds is 3. The molecule has 1 aromatic carbocycles. The molecule has 0 radical (unpaired) electrons. The van der Waals surface area contributed by atoms with Gasteiger partial charge in [0.25, 0.3) is 0 Å². The molecule has 0 aliphatic rings. The zero-order valence-electron chi connectivity index (χ0n) is 10.1. The molecule has 0 spiro atoms. The number of Topliss-reactive ketones (excluding diaryl/α,β-unsaturated/α-hetero) is 1. The van der Waals surface area contributed by atoms with Crippen LogP contribution in [0.2, 0.25) is 0 Å². The highest BCUT2D eigenvalue weighted by molar-refractivity contribution is 9.10. The lowest BCUT2D eigenvalue weighted by Crippen LogP contribution is -2.16. The fourth-order valence-corrected chi connectivity index (χ4v) is 1.95. The largest absolute Gasteiger partial charge is 0.299 e. The summed E-state index contributed by atoms with van der Waals surface area (Å²) in [5.74, 6) is -1.52. The van der Waals surface area contributed by atoms with Gasteiger partial charge >= 0.3 is 0 Å². The van der Waals surface area contributed by atoms with E-state index in [1.54, 1.807) is 0 Å². The van der Waals surface area contributed by atoms with Crippen molar-refractivity contribution in [1.29, 1.82) is 0 Å². The molecule has 0 fully saturated rings. The van der Waals surface area contributed by atoms with Crippen LogP contribution in [0.15, 0.2) is 16.6 Å². The molecule has 17 heavy (non-hydrogen) atoms. The van der Waals surface area contributed by atoms with Crippen LogP contribution in [0.3, 0.4) is 0 Å². The Kier molecular flexibility index (Phi) is 4.42. The van der Waals surface area contributed by atoms with Crippen molar-refractivity contribution >= 4 is 21.7 Å². The van der Waals surface area contributed by atoms with Gasteiger partial charge in [-0.05, 0) is 33.5 Å². The summed E-state index contributed by atoms with van der Waals surface area (Å²) in [7, 11) is 0. The number of halogens is 3. The maximum absolute atomic E-state index is 13.6. The molecule has 94 valence electrons. The standard InChI is InChI=1S/C13H15BrF2O/c1-13(2,3)7-8(17)6-9-11(15)5-4-10(14)12(9)16/h4-5H,6-7H2,1-3H3. The van der Waals surface area contributed by atoms with Crippen molar-refractivity contribution in [3.8, 4) is 0 Å². The average Bonchev–Trinajstić information content (AvgIpc) is 2.16. The van der Waals surface area contributed by atoms with Gasteiger partial charge in [-0.25, -0.2) is 8.78 Å². The van der Waals surface area contributed by atoms with Crippen LogP contribution in [0.5, 0.6) is 0 Å². The van der Waals surface area contributed by atoms with Gasteiger partial charge in [-0.3, -0.25) is 4.79 Å². The normalized spacial score (nSPS) is 11.6. The second-order valence-corrected chi connectivity index (χ2v) is 6.13. The third-order valence-corrected chi connectivity index (χ3v) is 2.85. The molecule has 0 bridgehead atoms. The maximum Gasteiger partial charge on any atom is 0.143 e. The summed E-state index contributed by atoms with van der Waals surface area (Å²) in [5, 5.41) is 0. The molecule has 1 aromatic rings. The lowest BCUT2D eigenvalue weighted by Gasteiger charge is -2.17. The van der Waals surface area contributed by atoms with Crippen LogP contribution in [0.4, 0.5) is 8.78 Å². The highest BCUT2D eigenvalue weighted by atomic mass is 79.9. The molecule has 1 rings (SSSR count). The Hall–Kier alpha value is -0.770. The molecule has 0 heterocycles. The Morgan fingerprint density at radius 2 is 1.88 bits per heavy atom. The molecule has 0 aliphatic carbocycles. The molecule has 1 nitrogen and oxygen atoms in total. The van der Waals surface area contributed by atoms with Gasteiger partial charge in [0.2, 0.25) is 0 Å². The Morgan fingerprint density at radius 1 is 1.29 bits per heavy atom. The summed E-state index contributed by atoms with van der Waals surface area (Å²) in [4.78, 5) is 11.7. The lowest BCUT2D eigenvalue weighted by molar-refractivity contribution is -0.120. The number of benzene rings is 1. The Morgan fingerprint density at radius 3 is 2.41 bits per heavy atom. The van der Waals surface area contributed by atoms with E-state index in [9.17, 15) is 13.6 Å². The topological polar surface area (TPSA) is 17.1 Å². The van der Waals surface area contributed by atoms with E-state index >= 15 is 0 Å². The zero-order valence-corrected chi connectivity index (χ0v) is 11.7. The van der Waals surface area contributed by atoms with Gasteiger partial charge < -0.3 is 0 Å². The Labute approximate surface area is 108 Å². The van der Waals surface area contributed by atoms with Crippen molar-refractivity contribution in [3.63, 3.8) is 0 Å². The fourth-order valence-electron chi connectivity index (χ4n) is 1.58. The highest BCUT2D eigenvalue weighted by Crippen LogP contribution is 2.24. The van der Waals surface area contributed by atoms with Crippen molar-refractivity contribution in [2.45, 2.75) is 33.6 Å². The van der Waals surface area contributed by atoms with E-state index < -0.39 is 11.6 Å². The predicted molar refractivity (Wildman–Crippen MR) is 66.8 cm³/mol. The molecular weight excluding hydrogens is 290 g/mol. The van der Waals surface area contributed by atoms with Crippen molar-refractivity contribution in [1.82, 2.24) is 0 Å². The second-order valence-electron chi connectivity index (χ2n) is 5.27. The van der Waals surface area contributed by atoms with Gasteiger partial charge in [0.15, 0.2) is 0 Å². The molecule has 4 heteroatoms. The maximum atomic E-state index is 13.6. The van der Waals surface area contributed by atoms with Gasteiger partial charge in [0.1, 0.15) is 17.4 Å². The van der Waals surface area contributed by atoms with E-state index in [2.05, 4.69) is 15.9 Å². The van der Waals surface area contributed by atoms with Crippen LogP contribution in [0.25, 0.3) is 0 Å². The first kappa shape index (κ1) is 14.3. The monoisotopic (exact) mass is 304 g/mol. The minimum absolute atomic E-state index is 0.159. The van der Waals surface area contributed by atoms with Crippen LogP contribution in [-0.2, 0) is 11.2 Å². The second kappa shape index (κ2) is 5.25. The van der Waals surface area contributed by atoms with E-state index in [-0.39, 0.29) is 27.7 Å². The summed E-state index contributed by atoms with van der Waals surface area (Å²) >= 11 is 2.98. The van der Waals surface area contributed by atoms with Crippen molar-refractivity contribution in [3.05, 3.63) is 33.8 Å².